The van der Waals surface area contributed by atoms with E-state index in [0.29, 0.717) is 6.10 Å². The first kappa shape index (κ1) is 10.1. The molecule has 1 saturated heterocycles. The van der Waals surface area contributed by atoms with Crippen LogP contribution >= 0.6 is 0 Å². The summed E-state index contributed by atoms with van der Waals surface area (Å²) < 4.78 is 11.3. The molecule has 86 valence electrons. The maximum absolute atomic E-state index is 5.93. The molecule has 3 rings (SSSR count). The molecular formula is C13H17NO2. The molecule has 1 fully saturated rings. The van der Waals surface area contributed by atoms with E-state index in [4.69, 9.17) is 9.47 Å². The van der Waals surface area contributed by atoms with E-state index in [1.54, 1.807) is 0 Å². The third-order valence-electron chi connectivity index (χ3n) is 3.28. The van der Waals surface area contributed by atoms with Crippen LogP contribution in [-0.2, 0) is 11.2 Å². The Morgan fingerprint density at radius 3 is 2.81 bits per heavy atom. The molecule has 1 atom stereocenters. The lowest BCUT2D eigenvalue weighted by molar-refractivity contribution is 0.0223. The summed E-state index contributed by atoms with van der Waals surface area (Å²) in [6.07, 6.45) is 1.38. The van der Waals surface area contributed by atoms with Crippen molar-refractivity contribution in [3.63, 3.8) is 0 Å². The van der Waals surface area contributed by atoms with Gasteiger partial charge in [-0.3, -0.25) is 4.90 Å². The van der Waals surface area contributed by atoms with Crippen LogP contribution in [0.2, 0.25) is 0 Å². The predicted octanol–water partition coefficient (Wildman–Crippen LogP) is 1.32. The van der Waals surface area contributed by atoms with Crippen molar-refractivity contribution < 1.29 is 9.47 Å². The van der Waals surface area contributed by atoms with Crippen molar-refractivity contribution in [3.8, 4) is 5.75 Å². The van der Waals surface area contributed by atoms with Gasteiger partial charge in [0.2, 0.25) is 0 Å². The minimum Gasteiger partial charge on any atom is -0.488 e. The average molecular weight is 219 g/mol. The van der Waals surface area contributed by atoms with E-state index < -0.39 is 0 Å². The van der Waals surface area contributed by atoms with E-state index in [9.17, 15) is 0 Å². The topological polar surface area (TPSA) is 21.7 Å². The van der Waals surface area contributed by atoms with Gasteiger partial charge in [-0.2, -0.15) is 0 Å². The second-order valence-electron chi connectivity index (χ2n) is 4.46. The maximum atomic E-state index is 5.93. The van der Waals surface area contributed by atoms with Crippen molar-refractivity contribution in [2.24, 2.45) is 0 Å². The lowest BCUT2D eigenvalue weighted by atomic mass is 10.1. The van der Waals surface area contributed by atoms with E-state index >= 15 is 0 Å². The molecule has 1 aromatic rings. The van der Waals surface area contributed by atoms with Crippen LogP contribution in [0.1, 0.15) is 5.56 Å². The van der Waals surface area contributed by atoms with Crippen molar-refractivity contribution >= 4 is 0 Å². The highest BCUT2D eigenvalue weighted by atomic mass is 16.5. The van der Waals surface area contributed by atoms with Crippen LogP contribution < -0.4 is 4.74 Å². The third-order valence-corrected chi connectivity index (χ3v) is 3.28. The van der Waals surface area contributed by atoms with Gasteiger partial charge in [-0.05, 0) is 11.6 Å². The molecule has 0 aliphatic carbocycles. The summed E-state index contributed by atoms with van der Waals surface area (Å²) in [5.74, 6) is 1.07. The van der Waals surface area contributed by atoms with Gasteiger partial charge in [0.15, 0.2) is 0 Å². The SMILES string of the molecule is c1ccc2c(c1)CC(CN1CCOCC1)O2. The van der Waals surface area contributed by atoms with E-state index in [2.05, 4.69) is 23.1 Å². The lowest BCUT2D eigenvalue weighted by Crippen LogP contribution is -2.42. The van der Waals surface area contributed by atoms with Gasteiger partial charge >= 0.3 is 0 Å². The number of hydrogen-bond acceptors (Lipinski definition) is 3. The zero-order chi connectivity index (χ0) is 10.8. The van der Waals surface area contributed by atoms with Crippen molar-refractivity contribution in [3.05, 3.63) is 29.8 Å². The summed E-state index contributed by atoms with van der Waals surface area (Å²) in [4.78, 5) is 2.43. The summed E-state index contributed by atoms with van der Waals surface area (Å²) in [6.45, 7) is 4.82. The fourth-order valence-electron chi connectivity index (χ4n) is 2.43. The predicted molar refractivity (Wildman–Crippen MR) is 61.8 cm³/mol. The maximum Gasteiger partial charge on any atom is 0.123 e. The Labute approximate surface area is 96.0 Å². The van der Waals surface area contributed by atoms with Crippen molar-refractivity contribution in [2.45, 2.75) is 12.5 Å². The van der Waals surface area contributed by atoms with Crippen LogP contribution in [0.25, 0.3) is 0 Å². The molecular weight excluding hydrogens is 202 g/mol. The van der Waals surface area contributed by atoms with Crippen LogP contribution in [0.5, 0.6) is 5.75 Å². The fraction of sp³-hybridized carbons (Fsp3) is 0.538. The van der Waals surface area contributed by atoms with Crippen LogP contribution in [0.4, 0.5) is 0 Å². The smallest absolute Gasteiger partial charge is 0.123 e. The van der Waals surface area contributed by atoms with Crippen LogP contribution in [-0.4, -0.2) is 43.9 Å². The third kappa shape index (κ3) is 2.06. The monoisotopic (exact) mass is 219 g/mol. The van der Waals surface area contributed by atoms with E-state index in [1.165, 1.54) is 5.56 Å². The molecule has 0 N–H and O–H groups in total. The lowest BCUT2D eigenvalue weighted by Gasteiger charge is -2.28. The molecule has 2 aliphatic rings. The number of para-hydroxylation sites is 1. The molecule has 2 heterocycles. The molecule has 16 heavy (non-hydrogen) atoms. The van der Waals surface area contributed by atoms with Gasteiger partial charge in [-0.25, -0.2) is 0 Å². The van der Waals surface area contributed by atoms with Crippen LogP contribution in [0.3, 0.4) is 0 Å². The highest BCUT2D eigenvalue weighted by Crippen LogP contribution is 2.28. The molecule has 0 saturated carbocycles. The molecule has 1 unspecified atom stereocenters. The second-order valence-corrected chi connectivity index (χ2v) is 4.46. The van der Waals surface area contributed by atoms with Gasteiger partial charge in [0, 0.05) is 26.1 Å². The quantitative estimate of drug-likeness (QED) is 0.749. The minimum absolute atomic E-state index is 0.329. The summed E-state index contributed by atoms with van der Waals surface area (Å²) in [6, 6.07) is 8.35. The van der Waals surface area contributed by atoms with Crippen molar-refractivity contribution in [1.29, 1.82) is 0 Å². The zero-order valence-electron chi connectivity index (χ0n) is 9.39. The van der Waals surface area contributed by atoms with Gasteiger partial charge in [0.05, 0.1) is 13.2 Å². The summed E-state index contributed by atoms with van der Waals surface area (Å²) in [7, 11) is 0. The molecule has 2 aliphatic heterocycles. The molecule has 0 spiro atoms. The fourth-order valence-corrected chi connectivity index (χ4v) is 2.43. The van der Waals surface area contributed by atoms with Gasteiger partial charge in [-0.15, -0.1) is 0 Å². The molecule has 1 aromatic carbocycles. The molecule has 0 radical (unpaired) electrons. The van der Waals surface area contributed by atoms with Gasteiger partial charge in [-0.1, -0.05) is 18.2 Å². The highest BCUT2D eigenvalue weighted by molar-refractivity contribution is 5.37. The first-order chi connectivity index (χ1) is 7.92. The molecule has 3 nitrogen and oxygen atoms in total. The normalized spacial score (nSPS) is 25.1. The Morgan fingerprint density at radius 2 is 2.00 bits per heavy atom. The van der Waals surface area contributed by atoms with E-state index in [-0.39, 0.29) is 0 Å². The summed E-state index contributed by atoms with van der Waals surface area (Å²) in [5, 5.41) is 0. The summed E-state index contributed by atoms with van der Waals surface area (Å²) in [5.41, 5.74) is 1.35. The average Bonchev–Trinajstić information content (AvgIpc) is 2.72. The van der Waals surface area contributed by atoms with Gasteiger partial charge < -0.3 is 9.47 Å². The van der Waals surface area contributed by atoms with Crippen LogP contribution in [0, 0.1) is 0 Å². The van der Waals surface area contributed by atoms with Crippen molar-refractivity contribution in [1.82, 2.24) is 4.90 Å². The van der Waals surface area contributed by atoms with Crippen LogP contribution in [0.15, 0.2) is 24.3 Å². The van der Waals surface area contributed by atoms with Gasteiger partial charge in [0.25, 0.3) is 0 Å². The Balaban J connectivity index is 1.59. The zero-order valence-corrected chi connectivity index (χ0v) is 9.39. The van der Waals surface area contributed by atoms with E-state index in [1.807, 2.05) is 6.07 Å². The molecule has 3 heteroatoms. The Kier molecular flexibility index (Phi) is 2.80. The number of hydrogen-bond donors (Lipinski definition) is 0. The number of ether oxygens (including phenoxy) is 2. The number of morpholine rings is 1. The highest BCUT2D eigenvalue weighted by Gasteiger charge is 2.25. The summed E-state index contributed by atoms with van der Waals surface area (Å²) >= 11 is 0. The molecule has 0 aromatic heterocycles. The van der Waals surface area contributed by atoms with E-state index in [0.717, 1.165) is 45.0 Å². The first-order valence-corrected chi connectivity index (χ1v) is 5.96. The molecule has 0 bridgehead atoms. The Morgan fingerprint density at radius 1 is 1.19 bits per heavy atom. The largest absolute Gasteiger partial charge is 0.488 e. The van der Waals surface area contributed by atoms with Crippen molar-refractivity contribution in [2.75, 3.05) is 32.8 Å². The first-order valence-electron chi connectivity index (χ1n) is 5.96. The minimum atomic E-state index is 0.329. The molecule has 0 amide bonds. The number of rotatable bonds is 2. The number of nitrogens with zero attached hydrogens (tertiary/aromatic N) is 1. The van der Waals surface area contributed by atoms with Gasteiger partial charge in [0.1, 0.15) is 11.9 Å². The Hall–Kier alpha value is -1.06. The number of benzene rings is 1. The number of fused-ring (bicyclic) bond motifs is 1. The Bertz CT molecular complexity index is 336. The second kappa shape index (κ2) is 4.44. The standard InChI is InChI=1S/C13H17NO2/c1-2-4-13-11(3-1)9-12(16-13)10-14-5-7-15-8-6-14/h1-4,12H,5-10H2.